The zero-order valence-electron chi connectivity index (χ0n) is 6.83. The van der Waals surface area contributed by atoms with E-state index in [1.54, 1.807) is 0 Å². The van der Waals surface area contributed by atoms with Gasteiger partial charge < -0.3 is 4.57 Å². The summed E-state index contributed by atoms with van der Waals surface area (Å²) in [5.74, 6) is 1.05. The average Bonchev–Trinajstić information content (AvgIpc) is 2.33. The molecule has 0 bridgehead atoms. The summed E-state index contributed by atoms with van der Waals surface area (Å²) < 4.78 is 3.10. The molecule has 0 radical (unpaired) electrons. The van der Waals surface area contributed by atoms with E-state index in [-0.39, 0.29) is 0 Å². The van der Waals surface area contributed by atoms with Crippen LogP contribution in [0, 0.1) is 3.70 Å². The Labute approximate surface area is 86.1 Å². The first-order valence-corrected chi connectivity index (χ1v) is 4.79. The maximum absolute atomic E-state index is 4.35. The van der Waals surface area contributed by atoms with Crippen molar-refractivity contribution in [3.63, 3.8) is 0 Å². The molecule has 1 heterocycles. The highest BCUT2D eigenvalue weighted by atomic mass is 127. The highest BCUT2D eigenvalue weighted by Gasteiger charge is 2.01. The molecular weight excluding hydrogens is 263 g/mol. The van der Waals surface area contributed by atoms with Crippen LogP contribution in [0.2, 0.25) is 0 Å². The molecule has 0 amide bonds. The molecule has 0 N–H and O–H groups in total. The Morgan fingerprint density at radius 1 is 1.50 bits per heavy atom. The summed E-state index contributed by atoms with van der Waals surface area (Å²) in [4.78, 5) is 4.35. The summed E-state index contributed by atoms with van der Waals surface area (Å²) in [5, 5.41) is 0. The SMILES string of the molecule is C=CCc1nc(I)cn1CC=C. The Bertz CT molecular complexity index is 261. The second-order valence-electron chi connectivity index (χ2n) is 2.41. The number of allylic oxidation sites excluding steroid dienone is 2. The normalized spacial score (nSPS) is 9.75. The lowest BCUT2D eigenvalue weighted by Crippen LogP contribution is -1.99. The number of imidazole rings is 1. The second-order valence-corrected chi connectivity index (χ2v) is 3.52. The lowest BCUT2D eigenvalue weighted by Gasteiger charge is -2.00. The van der Waals surface area contributed by atoms with Gasteiger partial charge in [0.1, 0.15) is 9.53 Å². The van der Waals surface area contributed by atoms with Gasteiger partial charge in [-0.3, -0.25) is 0 Å². The molecule has 2 nitrogen and oxygen atoms in total. The molecular formula is C9H11IN2. The van der Waals surface area contributed by atoms with Crippen LogP contribution in [0.15, 0.2) is 31.5 Å². The standard InChI is InChI=1S/C9H11IN2/c1-3-5-9-11-8(10)7-12(9)6-4-2/h3-4,7H,1-2,5-6H2. The fourth-order valence-electron chi connectivity index (χ4n) is 1.01. The molecule has 3 heteroatoms. The van der Waals surface area contributed by atoms with Gasteiger partial charge in [-0.05, 0) is 22.6 Å². The Balaban J connectivity index is 2.90. The molecule has 0 saturated heterocycles. The second kappa shape index (κ2) is 4.45. The lowest BCUT2D eigenvalue weighted by molar-refractivity contribution is 0.763. The Morgan fingerprint density at radius 2 is 2.25 bits per heavy atom. The van der Waals surface area contributed by atoms with Gasteiger partial charge >= 0.3 is 0 Å². The molecule has 12 heavy (non-hydrogen) atoms. The smallest absolute Gasteiger partial charge is 0.119 e. The van der Waals surface area contributed by atoms with Crippen molar-refractivity contribution in [1.29, 1.82) is 0 Å². The molecule has 0 saturated carbocycles. The fourth-order valence-corrected chi connectivity index (χ4v) is 1.62. The van der Waals surface area contributed by atoms with Gasteiger partial charge in [0.15, 0.2) is 0 Å². The molecule has 0 aromatic carbocycles. The predicted octanol–water partition coefficient (Wildman–Crippen LogP) is 2.40. The van der Waals surface area contributed by atoms with Gasteiger partial charge in [0.2, 0.25) is 0 Å². The van der Waals surface area contributed by atoms with E-state index in [9.17, 15) is 0 Å². The first kappa shape index (κ1) is 9.51. The molecule has 0 aliphatic carbocycles. The van der Waals surface area contributed by atoms with Gasteiger partial charge in [0.25, 0.3) is 0 Å². The van der Waals surface area contributed by atoms with Gasteiger partial charge in [0, 0.05) is 19.2 Å². The zero-order valence-corrected chi connectivity index (χ0v) is 8.99. The minimum absolute atomic E-state index is 0.816. The van der Waals surface area contributed by atoms with Crippen molar-refractivity contribution in [2.75, 3.05) is 0 Å². The first-order chi connectivity index (χ1) is 5.77. The van der Waals surface area contributed by atoms with E-state index in [1.165, 1.54) is 0 Å². The van der Waals surface area contributed by atoms with Gasteiger partial charge in [-0.1, -0.05) is 12.2 Å². The van der Waals surface area contributed by atoms with Crippen LogP contribution >= 0.6 is 22.6 Å². The molecule has 0 fully saturated rings. The van der Waals surface area contributed by atoms with Gasteiger partial charge in [0.05, 0.1) is 0 Å². The molecule has 0 unspecified atom stereocenters. The van der Waals surface area contributed by atoms with E-state index >= 15 is 0 Å². The lowest BCUT2D eigenvalue weighted by atomic mass is 10.4. The summed E-state index contributed by atoms with van der Waals surface area (Å²) in [6.07, 6.45) is 6.56. The van der Waals surface area contributed by atoms with E-state index < -0.39 is 0 Å². The maximum atomic E-state index is 4.35. The third-order valence-corrected chi connectivity index (χ3v) is 2.00. The minimum atomic E-state index is 0.816. The van der Waals surface area contributed by atoms with E-state index in [0.717, 1.165) is 22.5 Å². The number of nitrogens with zero attached hydrogens (tertiary/aromatic N) is 2. The average molecular weight is 274 g/mol. The minimum Gasteiger partial charge on any atom is -0.330 e. The Morgan fingerprint density at radius 3 is 2.83 bits per heavy atom. The fraction of sp³-hybridized carbons (Fsp3) is 0.222. The molecule has 0 spiro atoms. The third kappa shape index (κ3) is 2.20. The molecule has 1 rings (SSSR count). The molecule has 0 aliphatic rings. The number of hydrogen-bond acceptors (Lipinski definition) is 1. The Hall–Kier alpha value is -0.580. The quantitative estimate of drug-likeness (QED) is 0.609. The van der Waals surface area contributed by atoms with Crippen molar-refractivity contribution in [2.24, 2.45) is 0 Å². The highest BCUT2D eigenvalue weighted by molar-refractivity contribution is 14.1. The first-order valence-electron chi connectivity index (χ1n) is 3.71. The topological polar surface area (TPSA) is 17.8 Å². The van der Waals surface area contributed by atoms with Crippen LogP contribution in [0.1, 0.15) is 5.82 Å². The Kier molecular flexibility index (Phi) is 3.52. The monoisotopic (exact) mass is 274 g/mol. The largest absolute Gasteiger partial charge is 0.330 e. The van der Waals surface area contributed by atoms with Crippen molar-refractivity contribution in [2.45, 2.75) is 13.0 Å². The summed E-state index contributed by atoms with van der Waals surface area (Å²) in [7, 11) is 0. The van der Waals surface area contributed by atoms with Crippen LogP contribution < -0.4 is 0 Å². The predicted molar refractivity (Wildman–Crippen MR) is 59.0 cm³/mol. The van der Waals surface area contributed by atoms with Gasteiger partial charge in [-0.25, -0.2) is 4.98 Å². The number of hydrogen-bond donors (Lipinski definition) is 0. The summed E-state index contributed by atoms with van der Waals surface area (Å²) in [6.45, 7) is 8.19. The number of halogens is 1. The van der Waals surface area contributed by atoms with Crippen molar-refractivity contribution < 1.29 is 0 Å². The maximum Gasteiger partial charge on any atom is 0.119 e. The zero-order chi connectivity index (χ0) is 8.97. The van der Waals surface area contributed by atoms with E-state index in [2.05, 4.69) is 45.3 Å². The summed E-state index contributed by atoms with van der Waals surface area (Å²) >= 11 is 2.21. The van der Waals surface area contributed by atoms with Gasteiger partial charge in [-0.2, -0.15) is 0 Å². The van der Waals surface area contributed by atoms with Crippen LogP contribution in [0.5, 0.6) is 0 Å². The summed E-state index contributed by atoms with van der Waals surface area (Å²) in [5.41, 5.74) is 0. The van der Waals surface area contributed by atoms with E-state index in [1.807, 2.05) is 18.3 Å². The van der Waals surface area contributed by atoms with Crippen molar-refractivity contribution in [3.8, 4) is 0 Å². The molecule has 1 aromatic heterocycles. The van der Waals surface area contributed by atoms with E-state index in [0.29, 0.717) is 0 Å². The molecule has 1 aromatic rings. The van der Waals surface area contributed by atoms with Crippen LogP contribution in [0.3, 0.4) is 0 Å². The molecule has 0 aliphatic heterocycles. The van der Waals surface area contributed by atoms with Crippen molar-refractivity contribution in [1.82, 2.24) is 9.55 Å². The van der Waals surface area contributed by atoms with Crippen molar-refractivity contribution >= 4 is 22.6 Å². The highest BCUT2D eigenvalue weighted by Crippen LogP contribution is 2.07. The van der Waals surface area contributed by atoms with Crippen LogP contribution in [0.25, 0.3) is 0 Å². The van der Waals surface area contributed by atoms with Crippen LogP contribution in [-0.2, 0) is 13.0 Å². The third-order valence-electron chi connectivity index (χ3n) is 1.48. The molecule has 0 atom stereocenters. The van der Waals surface area contributed by atoms with Crippen LogP contribution in [0.4, 0.5) is 0 Å². The summed E-state index contributed by atoms with van der Waals surface area (Å²) in [6, 6.07) is 0. The number of rotatable bonds is 4. The van der Waals surface area contributed by atoms with E-state index in [4.69, 9.17) is 0 Å². The van der Waals surface area contributed by atoms with Gasteiger partial charge in [-0.15, -0.1) is 13.2 Å². The molecule has 64 valence electrons. The van der Waals surface area contributed by atoms with Crippen LogP contribution in [-0.4, -0.2) is 9.55 Å². The number of aromatic nitrogens is 2. The van der Waals surface area contributed by atoms with Crippen molar-refractivity contribution in [3.05, 3.63) is 41.0 Å².